The maximum atomic E-state index is 11.3. The standard InChI is InChI=1S/C14H18O3/c1-16-13-6-5-11-4-3-10(7-12(11)9-13)8-14(15)17-2/h5-6,9-10H,3-4,7-8H2,1-2H3. The van der Waals surface area contributed by atoms with Crippen LogP contribution in [0, 0.1) is 5.92 Å². The fraction of sp³-hybridized carbons (Fsp3) is 0.500. The first-order chi connectivity index (χ1) is 8.22. The van der Waals surface area contributed by atoms with Gasteiger partial charge in [0.1, 0.15) is 5.75 Å². The molecule has 92 valence electrons. The van der Waals surface area contributed by atoms with Crippen molar-refractivity contribution in [2.45, 2.75) is 25.7 Å². The molecule has 0 amide bonds. The Balaban J connectivity index is 2.08. The number of methoxy groups -OCH3 is 2. The van der Waals surface area contributed by atoms with Crippen LogP contribution in [0.1, 0.15) is 24.0 Å². The normalized spacial score (nSPS) is 18.4. The Labute approximate surface area is 102 Å². The average Bonchev–Trinajstić information content (AvgIpc) is 2.37. The zero-order chi connectivity index (χ0) is 12.3. The molecule has 1 aliphatic carbocycles. The van der Waals surface area contributed by atoms with Crippen LogP contribution >= 0.6 is 0 Å². The summed E-state index contributed by atoms with van der Waals surface area (Å²) >= 11 is 0. The summed E-state index contributed by atoms with van der Waals surface area (Å²) in [4.78, 5) is 11.3. The van der Waals surface area contributed by atoms with E-state index in [0.29, 0.717) is 12.3 Å². The van der Waals surface area contributed by atoms with Crippen LogP contribution in [0.15, 0.2) is 18.2 Å². The fourth-order valence-electron chi connectivity index (χ4n) is 2.43. The molecule has 17 heavy (non-hydrogen) atoms. The zero-order valence-electron chi connectivity index (χ0n) is 10.4. The summed E-state index contributed by atoms with van der Waals surface area (Å²) in [5.74, 6) is 1.19. The Bertz CT molecular complexity index is 412. The van der Waals surface area contributed by atoms with E-state index in [9.17, 15) is 4.79 Å². The van der Waals surface area contributed by atoms with Crippen molar-refractivity contribution in [3.63, 3.8) is 0 Å². The van der Waals surface area contributed by atoms with Gasteiger partial charge < -0.3 is 9.47 Å². The van der Waals surface area contributed by atoms with Crippen LogP contribution in [0.2, 0.25) is 0 Å². The Hall–Kier alpha value is -1.51. The zero-order valence-corrected chi connectivity index (χ0v) is 10.4. The van der Waals surface area contributed by atoms with Gasteiger partial charge in [-0.2, -0.15) is 0 Å². The molecule has 1 aromatic carbocycles. The predicted molar refractivity (Wildman–Crippen MR) is 65.1 cm³/mol. The third-order valence-electron chi connectivity index (χ3n) is 3.43. The Morgan fingerprint density at radius 3 is 2.88 bits per heavy atom. The molecule has 1 aliphatic rings. The molecule has 3 heteroatoms. The molecule has 1 atom stereocenters. The van der Waals surface area contributed by atoms with Crippen LogP contribution in [0.25, 0.3) is 0 Å². The van der Waals surface area contributed by atoms with Gasteiger partial charge in [-0.25, -0.2) is 0 Å². The second kappa shape index (κ2) is 5.21. The van der Waals surface area contributed by atoms with E-state index < -0.39 is 0 Å². The second-order valence-corrected chi connectivity index (χ2v) is 4.52. The van der Waals surface area contributed by atoms with E-state index in [-0.39, 0.29) is 5.97 Å². The van der Waals surface area contributed by atoms with Crippen molar-refractivity contribution in [1.82, 2.24) is 0 Å². The predicted octanol–water partition coefficient (Wildman–Crippen LogP) is 2.36. The van der Waals surface area contributed by atoms with Crippen molar-refractivity contribution in [3.8, 4) is 5.75 Å². The van der Waals surface area contributed by atoms with Gasteiger partial charge in [0.25, 0.3) is 0 Å². The number of esters is 1. The van der Waals surface area contributed by atoms with Gasteiger partial charge in [-0.15, -0.1) is 0 Å². The third kappa shape index (κ3) is 2.78. The number of carbonyl (C=O) groups excluding carboxylic acids is 1. The summed E-state index contributed by atoms with van der Waals surface area (Å²) in [7, 11) is 3.12. The first-order valence-corrected chi connectivity index (χ1v) is 5.95. The van der Waals surface area contributed by atoms with Gasteiger partial charge in [0.05, 0.1) is 14.2 Å². The quantitative estimate of drug-likeness (QED) is 0.753. The molecule has 2 rings (SSSR count). The number of hydrogen-bond acceptors (Lipinski definition) is 3. The van der Waals surface area contributed by atoms with E-state index in [1.807, 2.05) is 6.07 Å². The molecule has 0 spiro atoms. The molecule has 0 aromatic heterocycles. The van der Waals surface area contributed by atoms with Gasteiger partial charge in [-0.3, -0.25) is 4.79 Å². The fourth-order valence-corrected chi connectivity index (χ4v) is 2.43. The van der Waals surface area contributed by atoms with Gasteiger partial charge in [0.2, 0.25) is 0 Å². The highest BCUT2D eigenvalue weighted by atomic mass is 16.5. The largest absolute Gasteiger partial charge is 0.497 e. The van der Waals surface area contributed by atoms with Gasteiger partial charge in [0.15, 0.2) is 0 Å². The Morgan fingerprint density at radius 1 is 1.35 bits per heavy atom. The monoisotopic (exact) mass is 234 g/mol. The number of rotatable bonds is 3. The highest BCUT2D eigenvalue weighted by Crippen LogP contribution is 2.30. The molecule has 3 nitrogen and oxygen atoms in total. The first-order valence-electron chi connectivity index (χ1n) is 5.95. The van der Waals surface area contributed by atoms with Crippen molar-refractivity contribution in [3.05, 3.63) is 29.3 Å². The summed E-state index contributed by atoms with van der Waals surface area (Å²) < 4.78 is 9.95. The summed E-state index contributed by atoms with van der Waals surface area (Å²) in [6.45, 7) is 0. The van der Waals surface area contributed by atoms with E-state index in [4.69, 9.17) is 9.47 Å². The summed E-state index contributed by atoms with van der Waals surface area (Å²) in [6, 6.07) is 6.21. The minimum absolute atomic E-state index is 0.110. The number of aryl methyl sites for hydroxylation is 1. The second-order valence-electron chi connectivity index (χ2n) is 4.52. The first kappa shape index (κ1) is 12.0. The van der Waals surface area contributed by atoms with Gasteiger partial charge >= 0.3 is 5.97 Å². The maximum Gasteiger partial charge on any atom is 0.305 e. The number of fused-ring (bicyclic) bond motifs is 1. The van der Waals surface area contributed by atoms with Crippen molar-refractivity contribution in [2.75, 3.05) is 14.2 Å². The minimum atomic E-state index is -0.110. The van der Waals surface area contributed by atoms with E-state index in [2.05, 4.69) is 12.1 Å². The van der Waals surface area contributed by atoms with E-state index in [1.165, 1.54) is 18.2 Å². The molecule has 0 N–H and O–H groups in total. The molecular formula is C14H18O3. The molecule has 0 aliphatic heterocycles. The number of ether oxygens (including phenoxy) is 2. The van der Waals surface area contributed by atoms with Gasteiger partial charge in [-0.05, 0) is 48.4 Å². The molecule has 0 fully saturated rings. The van der Waals surface area contributed by atoms with Gasteiger partial charge in [0, 0.05) is 6.42 Å². The number of carbonyl (C=O) groups is 1. The Morgan fingerprint density at radius 2 is 2.18 bits per heavy atom. The molecule has 0 saturated carbocycles. The molecule has 1 unspecified atom stereocenters. The molecule has 0 radical (unpaired) electrons. The lowest BCUT2D eigenvalue weighted by molar-refractivity contribution is -0.141. The highest BCUT2D eigenvalue weighted by molar-refractivity contribution is 5.69. The Kier molecular flexibility index (Phi) is 3.67. The van der Waals surface area contributed by atoms with E-state index in [1.54, 1.807) is 7.11 Å². The summed E-state index contributed by atoms with van der Waals surface area (Å²) in [5, 5.41) is 0. The van der Waals surface area contributed by atoms with Crippen LogP contribution in [0.5, 0.6) is 5.75 Å². The van der Waals surface area contributed by atoms with E-state index in [0.717, 1.165) is 25.0 Å². The lowest BCUT2D eigenvalue weighted by Crippen LogP contribution is -2.18. The highest BCUT2D eigenvalue weighted by Gasteiger charge is 2.21. The molecular weight excluding hydrogens is 216 g/mol. The summed E-state index contributed by atoms with van der Waals surface area (Å²) in [6.07, 6.45) is 3.57. The average molecular weight is 234 g/mol. The van der Waals surface area contributed by atoms with Crippen LogP contribution in [0.3, 0.4) is 0 Å². The molecule has 0 saturated heterocycles. The van der Waals surface area contributed by atoms with Crippen LogP contribution in [-0.2, 0) is 22.4 Å². The topological polar surface area (TPSA) is 35.5 Å². The lowest BCUT2D eigenvalue weighted by atomic mass is 9.82. The molecule has 0 bridgehead atoms. The van der Waals surface area contributed by atoms with Crippen LogP contribution in [-0.4, -0.2) is 20.2 Å². The van der Waals surface area contributed by atoms with Crippen LogP contribution < -0.4 is 4.74 Å². The van der Waals surface area contributed by atoms with E-state index >= 15 is 0 Å². The lowest BCUT2D eigenvalue weighted by Gasteiger charge is -2.24. The SMILES string of the molecule is COC(=O)CC1CCc2ccc(OC)cc2C1. The van der Waals surface area contributed by atoms with Gasteiger partial charge in [-0.1, -0.05) is 6.07 Å². The smallest absolute Gasteiger partial charge is 0.305 e. The third-order valence-corrected chi connectivity index (χ3v) is 3.43. The van der Waals surface area contributed by atoms with Crippen molar-refractivity contribution in [1.29, 1.82) is 0 Å². The minimum Gasteiger partial charge on any atom is -0.497 e. The molecule has 1 aromatic rings. The van der Waals surface area contributed by atoms with Crippen LogP contribution in [0.4, 0.5) is 0 Å². The van der Waals surface area contributed by atoms with Crippen molar-refractivity contribution < 1.29 is 14.3 Å². The molecule has 0 heterocycles. The summed E-state index contributed by atoms with van der Waals surface area (Å²) in [5.41, 5.74) is 2.69. The van der Waals surface area contributed by atoms with Crippen molar-refractivity contribution >= 4 is 5.97 Å². The maximum absolute atomic E-state index is 11.3. The number of benzene rings is 1. The number of hydrogen-bond donors (Lipinski definition) is 0. The van der Waals surface area contributed by atoms with Crippen molar-refractivity contribution in [2.24, 2.45) is 5.92 Å².